The van der Waals surface area contributed by atoms with Crippen LogP contribution < -0.4 is 10.5 Å². The number of fused-ring (bicyclic) bond motifs is 1. The summed E-state index contributed by atoms with van der Waals surface area (Å²) in [6, 6.07) is 15.7. The van der Waals surface area contributed by atoms with Crippen molar-refractivity contribution in [1.29, 1.82) is 0 Å². The van der Waals surface area contributed by atoms with Crippen LogP contribution >= 0.6 is 0 Å². The zero-order chi connectivity index (χ0) is 26.6. The molecule has 9 heteroatoms. The van der Waals surface area contributed by atoms with Crippen molar-refractivity contribution in [2.45, 2.75) is 25.6 Å². The Morgan fingerprint density at radius 1 is 1.05 bits per heavy atom. The highest BCUT2D eigenvalue weighted by molar-refractivity contribution is 5.98. The zero-order valence-electron chi connectivity index (χ0n) is 20.3. The van der Waals surface area contributed by atoms with Gasteiger partial charge in [0.05, 0.1) is 17.7 Å². The number of carbonyl (C=O) groups is 2. The molecule has 0 bridgehead atoms. The molecular weight excluding hydrogens is 485 g/mol. The van der Waals surface area contributed by atoms with E-state index in [9.17, 15) is 22.8 Å². The van der Waals surface area contributed by atoms with E-state index >= 15 is 0 Å². The first kappa shape index (κ1) is 26.4. The first-order valence-corrected chi connectivity index (χ1v) is 11.9. The van der Waals surface area contributed by atoms with Crippen LogP contribution in [0.15, 0.2) is 66.7 Å². The third-order valence-corrected chi connectivity index (χ3v) is 6.32. The number of primary amides is 1. The molecule has 4 rings (SSSR count). The number of halogens is 3. The lowest BCUT2D eigenvalue weighted by atomic mass is 9.92. The molecule has 1 atom stereocenters. The molecule has 3 aromatic rings. The van der Waals surface area contributed by atoms with Gasteiger partial charge in [0.2, 0.25) is 5.91 Å². The van der Waals surface area contributed by atoms with E-state index in [1.807, 2.05) is 11.8 Å². The SMILES string of the molecule is CCOCCN1CCc2cc(OC(=O)c3ccccc3-c3ccc(C(F)(F)F)cc3)ccc2C1C(N)=O. The third-order valence-electron chi connectivity index (χ3n) is 6.32. The summed E-state index contributed by atoms with van der Waals surface area (Å²) in [5.74, 6) is -0.805. The number of rotatable bonds is 8. The quantitative estimate of drug-likeness (QED) is 0.261. The Bertz CT molecular complexity index is 1280. The fourth-order valence-corrected chi connectivity index (χ4v) is 4.53. The number of amides is 1. The van der Waals surface area contributed by atoms with Gasteiger partial charge in [0.1, 0.15) is 11.8 Å². The van der Waals surface area contributed by atoms with Crippen molar-refractivity contribution < 1.29 is 32.2 Å². The van der Waals surface area contributed by atoms with Gasteiger partial charge in [0, 0.05) is 19.7 Å². The smallest absolute Gasteiger partial charge is 0.416 e. The fourth-order valence-electron chi connectivity index (χ4n) is 4.53. The van der Waals surface area contributed by atoms with Gasteiger partial charge in [-0.1, -0.05) is 36.4 Å². The Labute approximate surface area is 212 Å². The minimum absolute atomic E-state index is 0.220. The molecule has 1 heterocycles. The van der Waals surface area contributed by atoms with Crippen LogP contribution in [0.4, 0.5) is 13.2 Å². The second-order valence-electron chi connectivity index (χ2n) is 8.66. The highest BCUT2D eigenvalue weighted by Crippen LogP contribution is 2.34. The topological polar surface area (TPSA) is 81.9 Å². The maximum atomic E-state index is 13.1. The molecule has 0 aliphatic carbocycles. The van der Waals surface area contributed by atoms with Crippen LogP contribution in [0.2, 0.25) is 0 Å². The van der Waals surface area contributed by atoms with Crippen molar-refractivity contribution in [3.8, 4) is 16.9 Å². The van der Waals surface area contributed by atoms with Crippen LogP contribution in [0.25, 0.3) is 11.1 Å². The van der Waals surface area contributed by atoms with Gasteiger partial charge in [0.15, 0.2) is 0 Å². The van der Waals surface area contributed by atoms with Crippen LogP contribution in [0.1, 0.15) is 40.0 Å². The molecule has 0 aromatic heterocycles. The molecule has 0 saturated carbocycles. The van der Waals surface area contributed by atoms with Crippen LogP contribution in [0.3, 0.4) is 0 Å². The Hall–Kier alpha value is -3.69. The van der Waals surface area contributed by atoms with Gasteiger partial charge in [0.25, 0.3) is 0 Å². The van der Waals surface area contributed by atoms with E-state index in [2.05, 4.69) is 0 Å². The minimum atomic E-state index is -4.45. The molecular formula is C28H27F3N2O4. The van der Waals surface area contributed by atoms with E-state index in [1.54, 1.807) is 42.5 Å². The summed E-state index contributed by atoms with van der Waals surface area (Å²) >= 11 is 0. The molecule has 2 N–H and O–H groups in total. The van der Waals surface area contributed by atoms with Crippen LogP contribution in [0, 0.1) is 0 Å². The minimum Gasteiger partial charge on any atom is -0.423 e. The highest BCUT2D eigenvalue weighted by atomic mass is 19.4. The normalized spacial score (nSPS) is 15.7. The third kappa shape index (κ3) is 6.00. The Kier molecular flexibility index (Phi) is 7.94. The van der Waals surface area contributed by atoms with Crippen LogP contribution in [-0.2, 0) is 22.1 Å². The van der Waals surface area contributed by atoms with Gasteiger partial charge in [-0.2, -0.15) is 13.2 Å². The summed E-state index contributed by atoms with van der Waals surface area (Å²) in [5.41, 5.74) is 7.70. The molecule has 0 saturated heterocycles. The number of hydrogen-bond acceptors (Lipinski definition) is 5. The van der Waals surface area contributed by atoms with Crippen molar-refractivity contribution in [2.75, 3.05) is 26.3 Å². The van der Waals surface area contributed by atoms with Gasteiger partial charge in [-0.05, 0) is 65.9 Å². The van der Waals surface area contributed by atoms with Crippen molar-refractivity contribution in [3.05, 3.63) is 89.0 Å². The number of hydrogen-bond donors (Lipinski definition) is 1. The molecule has 1 unspecified atom stereocenters. The molecule has 0 spiro atoms. The summed E-state index contributed by atoms with van der Waals surface area (Å²) in [7, 11) is 0. The molecule has 1 aliphatic heterocycles. The predicted molar refractivity (Wildman–Crippen MR) is 132 cm³/mol. The Balaban J connectivity index is 1.55. The van der Waals surface area contributed by atoms with Crippen molar-refractivity contribution in [3.63, 3.8) is 0 Å². The van der Waals surface area contributed by atoms with Gasteiger partial charge in [-0.15, -0.1) is 0 Å². The van der Waals surface area contributed by atoms with E-state index < -0.39 is 29.7 Å². The lowest BCUT2D eigenvalue weighted by molar-refractivity contribution is -0.137. The first-order chi connectivity index (χ1) is 17.7. The number of ether oxygens (including phenoxy) is 2. The summed E-state index contributed by atoms with van der Waals surface area (Å²) in [6.45, 7) is 4.15. The van der Waals surface area contributed by atoms with E-state index in [0.29, 0.717) is 49.6 Å². The Morgan fingerprint density at radius 2 is 1.78 bits per heavy atom. The van der Waals surface area contributed by atoms with Crippen molar-refractivity contribution in [2.24, 2.45) is 5.73 Å². The Morgan fingerprint density at radius 3 is 2.46 bits per heavy atom. The van der Waals surface area contributed by atoms with E-state index in [4.69, 9.17) is 15.2 Å². The number of nitrogens with two attached hydrogens (primary N) is 1. The van der Waals surface area contributed by atoms with E-state index in [0.717, 1.165) is 23.3 Å². The molecule has 0 radical (unpaired) electrons. The molecule has 6 nitrogen and oxygen atoms in total. The number of alkyl halides is 3. The van der Waals surface area contributed by atoms with Crippen LogP contribution in [-0.4, -0.2) is 43.1 Å². The van der Waals surface area contributed by atoms with E-state index in [1.165, 1.54) is 12.1 Å². The summed E-state index contributed by atoms with van der Waals surface area (Å²) in [4.78, 5) is 27.3. The lowest BCUT2D eigenvalue weighted by Gasteiger charge is -2.35. The van der Waals surface area contributed by atoms with Gasteiger partial charge >= 0.3 is 12.1 Å². The second-order valence-corrected chi connectivity index (χ2v) is 8.66. The van der Waals surface area contributed by atoms with Crippen molar-refractivity contribution in [1.82, 2.24) is 4.90 Å². The van der Waals surface area contributed by atoms with E-state index in [-0.39, 0.29) is 5.56 Å². The largest absolute Gasteiger partial charge is 0.423 e. The molecule has 194 valence electrons. The molecule has 1 aliphatic rings. The first-order valence-electron chi connectivity index (χ1n) is 11.9. The molecule has 1 amide bonds. The second kappa shape index (κ2) is 11.1. The maximum Gasteiger partial charge on any atom is 0.416 e. The van der Waals surface area contributed by atoms with Crippen LogP contribution in [0.5, 0.6) is 5.75 Å². The zero-order valence-corrected chi connectivity index (χ0v) is 20.3. The summed E-state index contributed by atoms with van der Waals surface area (Å²) in [5, 5.41) is 0. The predicted octanol–water partition coefficient (Wildman–Crippen LogP) is 5.01. The number of carbonyl (C=O) groups excluding carboxylic acids is 2. The average molecular weight is 513 g/mol. The summed E-state index contributed by atoms with van der Waals surface area (Å²) in [6.07, 6.45) is -3.81. The number of esters is 1. The summed E-state index contributed by atoms with van der Waals surface area (Å²) < 4.78 is 49.9. The average Bonchev–Trinajstić information content (AvgIpc) is 2.88. The van der Waals surface area contributed by atoms with Crippen molar-refractivity contribution >= 4 is 11.9 Å². The van der Waals surface area contributed by atoms with Gasteiger partial charge in [-0.3, -0.25) is 9.69 Å². The fraction of sp³-hybridized carbons (Fsp3) is 0.286. The standard InChI is InChI=1S/C28H27F3N2O4/c1-2-36-16-15-33-14-13-19-17-21(11-12-23(19)25(33)26(32)34)37-27(35)24-6-4-3-5-22(24)18-7-9-20(10-8-18)28(29,30)31/h3-12,17,25H,2,13-16H2,1H3,(H2,32,34). The number of nitrogens with zero attached hydrogens (tertiary/aromatic N) is 1. The maximum absolute atomic E-state index is 13.1. The highest BCUT2D eigenvalue weighted by Gasteiger charge is 2.32. The number of benzene rings is 3. The molecule has 0 fully saturated rings. The van der Waals surface area contributed by atoms with Gasteiger partial charge in [-0.25, -0.2) is 4.79 Å². The molecule has 3 aromatic carbocycles. The van der Waals surface area contributed by atoms with Gasteiger partial charge < -0.3 is 15.2 Å². The monoisotopic (exact) mass is 512 g/mol. The molecule has 37 heavy (non-hydrogen) atoms. The lowest BCUT2D eigenvalue weighted by Crippen LogP contribution is -2.44.